The molecule has 4 aromatic heterocycles. The number of pyridine rings is 1. The molecule has 10 nitrogen and oxygen atoms in total. The van der Waals surface area contributed by atoms with E-state index < -0.39 is 0 Å². The molecule has 0 unspecified atom stereocenters. The van der Waals surface area contributed by atoms with Crippen molar-refractivity contribution in [2.24, 2.45) is 0 Å². The van der Waals surface area contributed by atoms with Crippen LogP contribution in [0.4, 0.5) is 0 Å². The van der Waals surface area contributed by atoms with E-state index in [-0.39, 0.29) is 11.9 Å². The van der Waals surface area contributed by atoms with Crippen molar-refractivity contribution in [3.05, 3.63) is 90.8 Å². The maximum Gasteiger partial charge on any atom is 0.227 e. The van der Waals surface area contributed by atoms with E-state index in [1.165, 1.54) is 6.42 Å². The molecule has 5 aromatic rings. The topological polar surface area (TPSA) is 128 Å². The summed E-state index contributed by atoms with van der Waals surface area (Å²) in [7, 11) is 0. The van der Waals surface area contributed by atoms with Gasteiger partial charge in [0.05, 0.1) is 42.3 Å². The SMILES string of the molecule is O=C(Cc1cccnc1)N1CCC[C@H]1c1ncc(-c2ccc(-c3ncc(-c4cnc([C@@H]5CCCN5)[nH]4)cn3)cc2)[nH]1. The van der Waals surface area contributed by atoms with Crippen LogP contribution in [0.5, 0.6) is 0 Å². The first kappa shape index (κ1) is 25.3. The van der Waals surface area contributed by atoms with Gasteiger partial charge in [-0.15, -0.1) is 0 Å². The monoisotopic (exact) mass is 545 g/mol. The number of rotatable bonds is 7. The predicted octanol–water partition coefficient (Wildman–Crippen LogP) is 4.65. The Hall–Kier alpha value is -4.70. The van der Waals surface area contributed by atoms with Crippen molar-refractivity contribution in [1.29, 1.82) is 0 Å². The average Bonchev–Trinajstić information content (AvgIpc) is 3.84. The van der Waals surface area contributed by atoms with E-state index in [0.29, 0.717) is 18.3 Å². The number of imidazole rings is 2. The molecule has 0 spiro atoms. The second-order valence-electron chi connectivity index (χ2n) is 10.7. The van der Waals surface area contributed by atoms with Crippen LogP contribution in [-0.4, -0.2) is 58.8 Å². The predicted molar refractivity (Wildman–Crippen MR) is 154 cm³/mol. The van der Waals surface area contributed by atoms with Crippen molar-refractivity contribution in [3.63, 3.8) is 0 Å². The summed E-state index contributed by atoms with van der Waals surface area (Å²) in [6, 6.07) is 12.2. The van der Waals surface area contributed by atoms with Gasteiger partial charge in [-0.05, 0) is 49.4 Å². The molecule has 2 saturated heterocycles. The molecule has 0 bridgehead atoms. The summed E-state index contributed by atoms with van der Waals surface area (Å²) in [6.45, 7) is 1.78. The molecule has 0 saturated carbocycles. The summed E-state index contributed by atoms with van der Waals surface area (Å²) in [4.78, 5) is 44.4. The minimum Gasteiger partial charge on any atom is -0.341 e. The highest BCUT2D eigenvalue weighted by Gasteiger charge is 2.32. The van der Waals surface area contributed by atoms with Gasteiger partial charge in [-0.3, -0.25) is 9.78 Å². The molecular formula is C31H31N9O. The second kappa shape index (κ2) is 11.1. The Kier molecular flexibility index (Phi) is 6.81. The van der Waals surface area contributed by atoms with Crippen molar-refractivity contribution in [2.75, 3.05) is 13.1 Å². The number of likely N-dealkylation sites (tertiary alicyclic amines) is 1. The molecule has 1 aromatic carbocycles. The molecule has 41 heavy (non-hydrogen) atoms. The fraction of sp³-hybridized carbons (Fsp3) is 0.290. The summed E-state index contributed by atoms with van der Waals surface area (Å²) >= 11 is 0. The minimum atomic E-state index is -0.0421. The number of aromatic amines is 2. The first-order valence-electron chi connectivity index (χ1n) is 14.2. The maximum absolute atomic E-state index is 13.0. The Labute approximate surface area is 237 Å². The van der Waals surface area contributed by atoms with Crippen molar-refractivity contribution < 1.29 is 4.79 Å². The molecule has 1 amide bonds. The van der Waals surface area contributed by atoms with Crippen molar-refractivity contribution in [2.45, 2.75) is 44.2 Å². The zero-order valence-electron chi connectivity index (χ0n) is 22.6. The first-order chi connectivity index (χ1) is 20.2. The average molecular weight is 546 g/mol. The van der Waals surface area contributed by atoms with Gasteiger partial charge in [-0.25, -0.2) is 19.9 Å². The van der Waals surface area contributed by atoms with E-state index in [4.69, 9.17) is 0 Å². The number of hydrogen-bond acceptors (Lipinski definition) is 7. The number of carbonyl (C=O) groups is 1. The third-order valence-corrected chi connectivity index (χ3v) is 7.97. The van der Waals surface area contributed by atoms with Crippen LogP contribution in [0, 0.1) is 0 Å². The summed E-state index contributed by atoms with van der Waals surface area (Å²) in [5.41, 5.74) is 5.62. The van der Waals surface area contributed by atoms with Crippen molar-refractivity contribution in [1.82, 2.24) is 45.1 Å². The van der Waals surface area contributed by atoms with Gasteiger partial charge in [0.25, 0.3) is 0 Å². The van der Waals surface area contributed by atoms with Gasteiger partial charge in [-0.1, -0.05) is 30.3 Å². The number of benzene rings is 1. The van der Waals surface area contributed by atoms with Crippen LogP contribution in [0.15, 0.2) is 73.6 Å². The Morgan fingerprint density at radius 1 is 0.805 bits per heavy atom. The fourth-order valence-corrected chi connectivity index (χ4v) is 5.77. The number of nitrogens with zero attached hydrogens (tertiary/aromatic N) is 6. The second-order valence-corrected chi connectivity index (χ2v) is 10.7. The van der Waals surface area contributed by atoms with E-state index >= 15 is 0 Å². The lowest BCUT2D eigenvalue weighted by Crippen LogP contribution is -2.32. The summed E-state index contributed by atoms with van der Waals surface area (Å²) in [5.74, 6) is 2.56. The van der Waals surface area contributed by atoms with Crippen LogP contribution in [0.2, 0.25) is 0 Å². The third kappa shape index (κ3) is 5.26. The standard InChI is InChI=1S/C31H31N9O/c41-28(14-20-4-1-11-32-15-20)40-13-3-6-27(40)31-37-18-25(39-31)21-7-9-22(10-8-21)29-34-16-23(17-35-29)26-19-36-30(38-26)24-5-2-12-33-24/h1,4,7-11,15-19,24,27,33H,2-3,5-6,12-14H2,(H,36,38)(H,37,39)/t24-,27-/m0/s1. The molecule has 7 rings (SSSR count). The molecule has 10 heteroatoms. The van der Waals surface area contributed by atoms with Gasteiger partial charge < -0.3 is 20.2 Å². The molecule has 0 aliphatic carbocycles. The van der Waals surface area contributed by atoms with Crippen molar-refractivity contribution >= 4 is 5.91 Å². The zero-order chi connectivity index (χ0) is 27.6. The van der Waals surface area contributed by atoms with E-state index in [1.807, 2.05) is 66.1 Å². The third-order valence-electron chi connectivity index (χ3n) is 7.97. The molecule has 6 heterocycles. The Balaban J connectivity index is 1.02. The van der Waals surface area contributed by atoms with E-state index in [0.717, 1.165) is 77.6 Å². The summed E-state index contributed by atoms with van der Waals surface area (Å²) in [5, 5.41) is 3.47. The fourth-order valence-electron chi connectivity index (χ4n) is 5.77. The normalized spacial score (nSPS) is 18.7. The number of hydrogen-bond donors (Lipinski definition) is 3. The van der Waals surface area contributed by atoms with E-state index in [9.17, 15) is 4.79 Å². The highest BCUT2D eigenvalue weighted by molar-refractivity contribution is 5.79. The number of nitrogens with one attached hydrogen (secondary N) is 3. The molecule has 206 valence electrons. The molecule has 3 N–H and O–H groups in total. The smallest absolute Gasteiger partial charge is 0.227 e. The molecule has 2 aliphatic rings. The number of carbonyl (C=O) groups excluding carboxylic acids is 1. The summed E-state index contributed by atoms with van der Waals surface area (Å²) in [6.07, 6.45) is 15.3. The number of amides is 1. The van der Waals surface area contributed by atoms with Crippen LogP contribution in [0.3, 0.4) is 0 Å². The Bertz CT molecular complexity index is 1620. The van der Waals surface area contributed by atoms with Crippen LogP contribution < -0.4 is 5.32 Å². The lowest BCUT2D eigenvalue weighted by atomic mass is 10.1. The quantitative estimate of drug-likeness (QED) is 0.272. The Morgan fingerprint density at radius 3 is 2.32 bits per heavy atom. The van der Waals surface area contributed by atoms with Gasteiger partial charge in [0, 0.05) is 42.5 Å². The van der Waals surface area contributed by atoms with Gasteiger partial charge in [0.2, 0.25) is 5.91 Å². The number of aromatic nitrogens is 7. The van der Waals surface area contributed by atoms with E-state index in [2.05, 4.69) is 40.2 Å². The minimum absolute atomic E-state index is 0.0421. The molecular weight excluding hydrogens is 514 g/mol. The van der Waals surface area contributed by atoms with Crippen LogP contribution in [0.25, 0.3) is 33.9 Å². The lowest BCUT2D eigenvalue weighted by molar-refractivity contribution is -0.131. The van der Waals surface area contributed by atoms with Gasteiger partial charge in [0.15, 0.2) is 5.82 Å². The maximum atomic E-state index is 13.0. The van der Waals surface area contributed by atoms with Crippen molar-refractivity contribution in [3.8, 4) is 33.9 Å². The van der Waals surface area contributed by atoms with Crippen LogP contribution in [0.1, 0.15) is 55.0 Å². The largest absolute Gasteiger partial charge is 0.341 e. The van der Waals surface area contributed by atoms with Crippen LogP contribution in [-0.2, 0) is 11.2 Å². The molecule has 2 atom stereocenters. The zero-order valence-corrected chi connectivity index (χ0v) is 22.6. The highest BCUT2D eigenvalue weighted by atomic mass is 16.2. The highest BCUT2D eigenvalue weighted by Crippen LogP contribution is 2.32. The van der Waals surface area contributed by atoms with Gasteiger partial charge in [0.1, 0.15) is 11.6 Å². The van der Waals surface area contributed by atoms with E-state index in [1.54, 1.807) is 12.4 Å². The summed E-state index contributed by atoms with van der Waals surface area (Å²) < 4.78 is 0. The number of H-pyrrole nitrogens is 2. The van der Waals surface area contributed by atoms with Crippen LogP contribution >= 0.6 is 0 Å². The molecule has 2 fully saturated rings. The molecule has 0 radical (unpaired) electrons. The first-order valence-corrected chi connectivity index (χ1v) is 14.2. The lowest BCUT2D eigenvalue weighted by Gasteiger charge is -2.23. The van der Waals surface area contributed by atoms with Gasteiger partial charge >= 0.3 is 0 Å². The Morgan fingerprint density at radius 2 is 1.56 bits per heavy atom. The van der Waals surface area contributed by atoms with Gasteiger partial charge in [-0.2, -0.15) is 0 Å². The molecule has 2 aliphatic heterocycles.